The largest absolute Gasteiger partial charge is 0.479 e. The van der Waals surface area contributed by atoms with Crippen LogP contribution in [-0.2, 0) is 52.2 Å². The van der Waals surface area contributed by atoms with Crippen molar-refractivity contribution in [1.29, 1.82) is 0 Å². The Morgan fingerprint density at radius 1 is 0.633 bits per heavy atom. The third-order valence-corrected chi connectivity index (χ3v) is 21.3. The van der Waals surface area contributed by atoms with Crippen molar-refractivity contribution < 1.29 is 129 Å². The molecule has 0 aromatic rings. The van der Waals surface area contributed by atoms with Gasteiger partial charge >= 0.3 is 11.9 Å². The van der Waals surface area contributed by atoms with E-state index in [9.17, 15) is 86.2 Å². The number of aliphatic hydroxyl groups excluding tert-OH is 14. The first-order valence-corrected chi connectivity index (χ1v) is 27.5. The monoisotopic (exact) mass is 1140 g/mol. The van der Waals surface area contributed by atoms with E-state index in [0.29, 0.717) is 32.1 Å². The highest BCUT2D eigenvalue weighted by atomic mass is 16.8. The fraction of sp³-hybridized carbons (Fsp3) is 0.925. The second-order valence-corrected chi connectivity index (χ2v) is 25.6. The average molecular weight is 1140 g/mol. The lowest BCUT2D eigenvalue weighted by Crippen LogP contribution is -2.72. The molecule has 0 spiro atoms. The van der Waals surface area contributed by atoms with Crippen molar-refractivity contribution in [1.82, 2.24) is 0 Å². The van der Waals surface area contributed by atoms with Crippen LogP contribution in [0.15, 0.2) is 11.6 Å². The smallest absolute Gasteiger partial charge is 0.335 e. The Morgan fingerprint density at radius 3 is 1.89 bits per heavy atom. The van der Waals surface area contributed by atoms with E-state index >= 15 is 0 Å². The second kappa shape index (κ2) is 22.0. The first-order valence-electron chi connectivity index (χ1n) is 27.5. The van der Waals surface area contributed by atoms with Crippen LogP contribution in [0, 0.1) is 50.2 Å². The van der Waals surface area contributed by atoms with Gasteiger partial charge in [0, 0.05) is 0 Å². The maximum Gasteiger partial charge on any atom is 0.335 e. The summed E-state index contributed by atoms with van der Waals surface area (Å²) in [6.07, 6.45) is -35.2. The van der Waals surface area contributed by atoms with Gasteiger partial charge in [-0.05, 0) is 91.3 Å². The molecule has 15 N–H and O–H groups in total. The van der Waals surface area contributed by atoms with E-state index in [1.165, 1.54) is 7.11 Å². The van der Waals surface area contributed by atoms with Crippen LogP contribution < -0.4 is 0 Å². The molecule has 0 aromatic carbocycles. The van der Waals surface area contributed by atoms with Crippen molar-refractivity contribution >= 4 is 11.9 Å². The van der Waals surface area contributed by atoms with E-state index in [2.05, 4.69) is 26.8 Å². The minimum absolute atomic E-state index is 0.0735. The number of carboxylic acid groups (broad SMARTS) is 1. The molecular formula is C53H84O26. The van der Waals surface area contributed by atoms with Crippen LogP contribution in [0.4, 0.5) is 0 Å². The number of hydrogen-bond donors (Lipinski definition) is 15. The summed E-state index contributed by atoms with van der Waals surface area (Å²) in [5, 5.41) is 165. The van der Waals surface area contributed by atoms with Crippen molar-refractivity contribution in [2.75, 3.05) is 33.5 Å². The number of carbonyl (C=O) groups is 2. The molecule has 26 nitrogen and oxygen atoms in total. The molecule has 4 heterocycles. The van der Waals surface area contributed by atoms with Gasteiger partial charge in [0.25, 0.3) is 0 Å². The highest BCUT2D eigenvalue weighted by molar-refractivity contribution is 5.78. The summed E-state index contributed by atoms with van der Waals surface area (Å²) < 4.78 is 53.8. The summed E-state index contributed by atoms with van der Waals surface area (Å²) in [6.45, 7) is 9.16. The Morgan fingerprint density at radius 2 is 1.25 bits per heavy atom. The fourth-order valence-corrected chi connectivity index (χ4v) is 16.4. The van der Waals surface area contributed by atoms with E-state index in [1.807, 2.05) is 13.8 Å². The van der Waals surface area contributed by atoms with Crippen molar-refractivity contribution in [3.05, 3.63) is 11.6 Å². The molecule has 4 aliphatic heterocycles. The van der Waals surface area contributed by atoms with Crippen molar-refractivity contribution in [2.45, 2.75) is 222 Å². The Balaban J connectivity index is 1.07. The van der Waals surface area contributed by atoms with E-state index in [0.717, 1.165) is 5.57 Å². The van der Waals surface area contributed by atoms with Crippen LogP contribution in [0.5, 0.6) is 0 Å². The number of rotatable bonds is 12. The van der Waals surface area contributed by atoms with Crippen LogP contribution in [-0.4, -0.2) is 257 Å². The summed E-state index contributed by atoms with van der Waals surface area (Å²) in [7, 11) is 1.21. The molecule has 5 aliphatic carbocycles. The highest BCUT2D eigenvalue weighted by Gasteiger charge is 2.74. The molecule has 9 rings (SSSR count). The topological polar surface area (TPSA) is 421 Å². The van der Waals surface area contributed by atoms with Crippen LogP contribution in [0.2, 0.25) is 0 Å². The number of aliphatic hydroxyl groups is 14. The standard InChI is InChI=1S/C53H84O26/c1-48(2)14-21-20-8-9-25-49(3)12-11-28(52(6,47(70)71-7)26(49)10-13-50(25,4)51(20,5)15-27(58)53(21,19-55)41(67)40(48)66)75-46-39(79-44-34(64)32(62)31(61)24(16-54)74-44)36(35(65)37(77-46)42(68)69)76-45-38(30(60)23(57)18-73-45)78-43-33(63)29(59)22(56)17-72-43/h8,21-41,43-46,54-67H,9-19H2,1-7H3,(H,68,69)/t21-,22+,23-,24+,25-,26+,27+,28-,29-,30-,31-,32-,33+,34+,35-,36-,37-,38+,39+,40-,41-,43-,44-,45-,46+,49+,50+,51+,52-,53-/m0/s1. The maximum atomic E-state index is 14.8. The van der Waals surface area contributed by atoms with Gasteiger partial charge in [0.15, 0.2) is 31.3 Å². The number of allylic oxidation sites excluding steroid dienone is 2. The minimum atomic E-state index is -2.29. The van der Waals surface area contributed by atoms with Gasteiger partial charge in [-0.1, -0.05) is 46.3 Å². The van der Waals surface area contributed by atoms with Gasteiger partial charge in [-0.15, -0.1) is 0 Å². The molecule has 0 aromatic heterocycles. The molecule has 26 heteroatoms. The van der Waals surface area contributed by atoms with E-state index < -0.39 is 218 Å². The minimum Gasteiger partial charge on any atom is -0.479 e. The predicted octanol–water partition coefficient (Wildman–Crippen LogP) is -4.13. The number of esters is 1. The molecule has 9 aliphatic rings. The Kier molecular flexibility index (Phi) is 17.1. The average Bonchev–Trinajstić information content (AvgIpc) is 3.57. The summed E-state index contributed by atoms with van der Waals surface area (Å²) in [6, 6.07) is 0. The number of fused-ring (bicyclic) bond motifs is 7. The van der Waals surface area contributed by atoms with Gasteiger partial charge < -0.3 is 119 Å². The van der Waals surface area contributed by atoms with Gasteiger partial charge in [0.05, 0.1) is 68.8 Å². The number of carboxylic acids is 1. The molecule has 4 saturated heterocycles. The summed E-state index contributed by atoms with van der Waals surface area (Å²) in [4.78, 5) is 27.9. The Hall–Kier alpha value is -2.20. The van der Waals surface area contributed by atoms with Crippen LogP contribution in [0.3, 0.4) is 0 Å². The molecule has 30 atom stereocenters. The molecule has 79 heavy (non-hydrogen) atoms. The Bertz CT molecular complexity index is 2240. The van der Waals surface area contributed by atoms with Crippen LogP contribution in [0.25, 0.3) is 0 Å². The van der Waals surface area contributed by atoms with Crippen molar-refractivity contribution in [2.24, 2.45) is 50.2 Å². The molecule has 8 fully saturated rings. The van der Waals surface area contributed by atoms with Gasteiger partial charge in [-0.25, -0.2) is 4.79 Å². The molecular weight excluding hydrogens is 1050 g/mol. The first-order chi connectivity index (χ1) is 36.9. The quantitative estimate of drug-likeness (QED) is 0.0501. The Labute approximate surface area is 456 Å². The summed E-state index contributed by atoms with van der Waals surface area (Å²) in [5.41, 5.74) is -4.70. The lowest BCUT2D eigenvalue weighted by Gasteiger charge is -2.72. The summed E-state index contributed by atoms with van der Waals surface area (Å²) >= 11 is 0. The van der Waals surface area contributed by atoms with Gasteiger partial charge in [-0.2, -0.15) is 0 Å². The summed E-state index contributed by atoms with van der Waals surface area (Å²) in [5.74, 6) is -3.65. The van der Waals surface area contributed by atoms with Gasteiger partial charge in [0.1, 0.15) is 79.4 Å². The number of hydrogen-bond acceptors (Lipinski definition) is 25. The highest BCUT2D eigenvalue weighted by Crippen LogP contribution is 2.76. The van der Waals surface area contributed by atoms with E-state index in [4.69, 9.17) is 42.6 Å². The molecule has 0 radical (unpaired) electrons. The third kappa shape index (κ3) is 9.47. The van der Waals surface area contributed by atoms with Gasteiger partial charge in [0.2, 0.25) is 0 Å². The molecule has 0 bridgehead atoms. The zero-order valence-electron chi connectivity index (χ0n) is 45.5. The number of aliphatic carboxylic acids is 1. The molecule has 452 valence electrons. The lowest BCUT2D eigenvalue weighted by atomic mass is 9.33. The van der Waals surface area contributed by atoms with Crippen molar-refractivity contribution in [3.63, 3.8) is 0 Å². The number of methoxy groups -OCH3 is 1. The van der Waals surface area contributed by atoms with Crippen LogP contribution >= 0.6 is 0 Å². The maximum absolute atomic E-state index is 14.8. The first kappa shape index (κ1) is 61.4. The predicted molar refractivity (Wildman–Crippen MR) is 262 cm³/mol. The van der Waals surface area contributed by atoms with E-state index in [1.54, 1.807) is 6.92 Å². The molecule has 4 saturated carbocycles. The van der Waals surface area contributed by atoms with Crippen LogP contribution in [0.1, 0.15) is 86.5 Å². The normalized spacial score (nSPS) is 54.5. The fourth-order valence-electron chi connectivity index (χ4n) is 16.4. The van der Waals surface area contributed by atoms with E-state index in [-0.39, 0.29) is 18.8 Å². The lowest BCUT2D eigenvalue weighted by molar-refractivity contribution is -0.399. The van der Waals surface area contributed by atoms with Crippen molar-refractivity contribution in [3.8, 4) is 0 Å². The number of ether oxygens (including phenoxy) is 9. The SMILES string of the molecule is COC(=O)[C@]1(C)[C@@H](O[C@@H]2O[C@H](C(=O)O)[C@@H](O)[C@H](O[C@@H]3OC[C@H](O)[C@H](O)[C@H]3O[C@@H]3OC[C@@H](O)[C@H](O)[C@H]3O)[C@H]2O[C@@H]2O[C@H](CO)[C@H](O)[C@H](O)[C@H]2O)CC[C@@]2(C)[C@H]1CC[C@]1(C)[C@H]2CC=C2[C@@H]3CC(C)(C)[C@@H](O)[C@H](O)[C@]3(CO)[C@H](O)C[C@]21C. The molecule has 0 unspecified atom stereocenters. The van der Waals surface area contributed by atoms with Gasteiger partial charge in [-0.3, -0.25) is 4.79 Å². The third-order valence-electron chi connectivity index (χ3n) is 21.3. The zero-order valence-corrected chi connectivity index (χ0v) is 45.5. The zero-order chi connectivity index (χ0) is 58.0. The second-order valence-electron chi connectivity index (χ2n) is 25.6. The number of carbonyl (C=O) groups excluding carboxylic acids is 1. The molecule has 0 amide bonds.